The van der Waals surface area contributed by atoms with E-state index in [9.17, 15) is 9.59 Å². The Bertz CT molecular complexity index is 400. The summed E-state index contributed by atoms with van der Waals surface area (Å²) in [5, 5.41) is 0. The maximum Gasteiger partial charge on any atom is 0.270 e. The quantitative estimate of drug-likeness (QED) is 0.863. The lowest BCUT2D eigenvalue weighted by Crippen LogP contribution is -2.36. The van der Waals surface area contributed by atoms with Gasteiger partial charge in [0.25, 0.3) is 5.91 Å². The minimum absolute atomic E-state index is 0.0817. The first-order valence-electron chi connectivity index (χ1n) is 4.27. The fraction of sp³-hybridized carbons (Fsp3) is 0.333. The number of carbonyl (C=O) groups is 2. The molecule has 0 atom stereocenters. The van der Waals surface area contributed by atoms with E-state index < -0.39 is 5.91 Å². The minimum Gasteiger partial charge on any atom is -0.368 e. The number of nitrogens with zero attached hydrogens (tertiary/aromatic N) is 2. The number of halogens is 1. The molecule has 1 aromatic rings. The molecule has 0 spiro atoms. The van der Waals surface area contributed by atoms with Crippen molar-refractivity contribution in [3.8, 4) is 0 Å². The van der Waals surface area contributed by atoms with Gasteiger partial charge in [0, 0.05) is 24.8 Å². The molecular formula is C9H12BrN3O2. The van der Waals surface area contributed by atoms with Gasteiger partial charge in [-0.05, 0) is 22.0 Å². The van der Waals surface area contributed by atoms with Crippen LogP contribution in [-0.4, -0.2) is 34.9 Å². The van der Waals surface area contributed by atoms with Crippen LogP contribution in [0.5, 0.6) is 0 Å². The van der Waals surface area contributed by atoms with Crippen LogP contribution in [0, 0.1) is 0 Å². The highest BCUT2D eigenvalue weighted by Gasteiger charge is 2.16. The predicted molar refractivity (Wildman–Crippen MR) is 59.3 cm³/mol. The lowest BCUT2D eigenvalue weighted by Gasteiger charge is -2.15. The highest BCUT2D eigenvalue weighted by molar-refractivity contribution is 9.10. The molecule has 0 radical (unpaired) electrons. The Balaban J connectivity index is 2.84. The second-order valence-corrected chi connectivity index (χ2v) is 4.20. The van der Waals surface area contributed by atoms with Crippen molar-refractivity contribution in [2.75, 3.05) is 13.6 Å². The van der Waals surface area contributed by atoms with Gasteiger partial charge in [0.05, 0.1) is 6.54 Å². The Hall–Kier alpha value is -1.30. The highest BCUT2D eigenvalue weighted by Crippen LogP contribution is 2.14. The van der Waals surface area contributed by atoms with E-state index in [0.29, 0.717) is 5.69 Å². The monoisotopic (exact) mass is 273 g/mol. The highest BCUT2D eigenvalue weighted by atomic mass is 79.9. The zero-order valence-corrected chi connectivity index (χ0v) is 10.1. The van der Waals surface area contributed by atoms with Gasteiger partial charge in [0.2, 0.25) is 5.91 Å². The molecule has 82 valence electrons. The molecular weight excluding hydrogens is 262 g/mol. The Morgan fingerprint density at radius 1 is 1.60 bits per heavy atom. The van der Waals surface area contributed by atoms with Crippen molar-refractivity contribution < 1.29 is 9.59 Å². The van der Waals surface area contributed by atoms with Crippen molar-refractivity contribution in [1.29, 1.82) is 0 Å². The number of carbonyl (C=O) groups excluding carboxylic acids is 2. The summed E-state index contributed by atoms with van der Waals surface area (Å²) in [5.41, 5.74) is 5.51. The summed E-state index contributed by atoms with van der Waals surface area (Å²) >= 11 is 3.27. The van der Waals surface area contributed by atoms with E-state index >= 15 is 0 Å². The Labute approximate surface area is 96.0 Å². The number of hydrogen-bond donors (Lipinski definition) is 1. The van der Waals surface area contributed by atoms with Crippen molar-refractivity contribution in [2.24, 2.45) is 12.8 Å². The molecule has 0 bridgehead atoms. The smallest absolute Gasteiger partial charge is 0.270 e. The lowest BCUT2D eigenvalue weighted by atomic mass is 10.3. The predicted octanol–water partition coefficient (Wildman–Crippen LogP) is 0.345. The number of nitrogens with two attached hydrogens (primary N) is 1. The molecule has 1 heterocycles. The Kier molecular flexibility index (Phi) is 3.52. The third-order valence-corrected chi connectivity index (χ3v) is 2.36. The fourth-order valence-electron chi connectivity index (χ4n) is 1.24. The first kappa shape index (κ1) is 11.8. The molecule has 0 aliphatic heterocycles. The Morgan fingerprint density at radius 3 is 2.60 bits per heavy atom. The van der Waals surface area contributed by atoms with Gasteiger partial charge in [-0.1, -0.05) is 0 Å². The SMILES string of the molecule is CN(CC(N)=O)C(=O)c1cc(Br)cn1C. The van der Waals surface area contributed by atoms with Crippen molar-refractivity contribution in [3.05, 3.63) is 22.4 Å². The van der Waals surface area contributed by atoms with Crippen molar-refractivity contribution in [2.45, 2.75) is 0 Å². The van der Waals surface area contributed by atoms with Crippen LogP contribution >= 0.6 is 15.9 Å². The van der Waals surface area contributed by atoms with Crippen LogP contribution in [0.4, 0.5) is 0 Å². The standard InChI is InChI=1S/C9H12BrN3O2/c1-12-4-6(10)3-7(12)9(15)13(2)5-8(11)14/h3-4H,5H2,1-2H3,(H2,11,14). The van der Waals surface area contributed by atoms with E-state index in [2.05, 4.69) is 15.9 Å². The normalized spacial score (nSPS) is 10.1. The zero-order valence-electron chi connectivity index (χ0n) is 8.53. The fourth-order valence-corrected chi connectivity index (χ4v) is 1.76. The van der Waals surface area contributed by atoms with Crippen LogP contribution in [0.2, 0.25) is 0 Å². The molecule has 0 aromatic carbocycles. The molecule has 15 heavy (non-hydrogen) atoms. The number of amides is 2. The average Bonchev–Trinajstić information content (AvgIpc) is 2.42. The number of hydrogen-bond acceptors (Lipinski definition) is 2. The molecule has 5 nitrogen and oxygen atoms in total. The van der Waals surface area contributed by atoms with Crippen LogP contribution in [0.3, 0.4) is 0 Å². The molecule has 0 fully saturated rings. The summed E-state index contributed by atoms with van der Waals surface area (Å²) < 4.78 is 2.50. The van der Waals surface area contributed by atoms with Crippen molar-refractivity contribution >= 4 is 27.7 Å². The van der Waals surface area contributed by atoms with Gasteiger partial charge in [-0.25, -0.2) is 0 Å². The largest absolute Gasteiger partial charge is 0.368 e. The van der Waals surface area contributed by atoms with Gasteiger partial charge < -0.3 is 15.2 Å². The van der Waals surface area contributed by atoms with Gasteiger partial charge in [-0.15, -0.1) is 0 Å². The van der Waals surface area contributed by atoms with E-state index in [0.717, 1.165) is 4.47 Å². The van der Waals surface area contributed by atoms with Crippen LogP contribution in [0.15, 0.2) is 16.7 Å². The average molecular weight is 274 g/mol. The van der Waals surface area contributed by atoms with Crippen molar-refractivity contribution in [3.63, 3.8) is 0 Å². The van der Waals surface area contributed by atoms with Gasteiger partial charge in [-0.3, -0.25) is 9.59 Å². The van der Waals surface area contributed by atoms with Gasteiger partial charge >= 0.3 is 0 Å². The summed E-state index contributed by atoms with van der Waals surface area (Å²) in [6, 6.07) is 1.69. The number of primary amides is 1. The second kappa shape index (κ2) is 4.48. The first-order chi connectivity index (χ1) is 6.91. The summed E-state index contributed by atoms with van der Waals surface area (Å²) in [4.78, 5) is 23.7. The molecule has 1 aromatic heterocycles. The van der Waals surface area contributed by atoms with Crippen LogP contribution in [-0.2, 0) is 11.8 Å². The molecule has 0 saturated carbocycles. The molecule has 0 aliphatic carbocycles. The molecule has 0 unspecified atom stereocenters. The van der Waals surface area contributed by atoms with Gasteiger partial charge in [0.15, 0.2) is 0 Å². The second-order valence-electron chi connectivity index (χ2n) is 3.28. The van der Waals surface area contributed by atoms with Crippen molar-refractivity contribution in [1.82, 2.24) is 9.47 Å². The minimum atomic E-state index is -0.529. The number of likely N-dealkylation sites (N-methyl/N-ethyl adjacent to an activating group) is 1. The molecule has 0 saturated heterocycles. The topological polar surface area (TPSA) is 68.3 Å². The summed E-state index contributed by atoms with van der Waals surface area (Å²) in [6.07, 6.45) is 1.77. The molecule has 1 rings (SSSR count). The van der Waals surface area contributed by atoms with E-state index in [1.165, 1.54) is 11.9 Å². The van der Waals surface area contributed by atoms with Crippen LogP contribution in [0.25, 0.3) is 0 Å². The summed E-state index contributed by atoms with van der Waals surface area (Å²) in [7, 11) is 3.30. The molecule has 0 aliphatic rings. The zero-order chi connectivity index (χ0) is 11.6. The van der Waals surface area contributed by atoms with Gasteiger partial charge in [0.1, 0.15) is 5.69 Å². The third-order valence-electron chi connectivity index (χ3n) is 1.93. The third kappa shape index (κ3) is 2.82. The first-order valence-corrected chi connectivity index (χ1v) is 5.06. The van der Waals surface area contributed by atoms with E-state index in [-0.39, 0.29) is 12.5 Å². The van der Waals surface area contributed by atoms with E-state index in [1.54, 1.807) is 23.9 Å². The lowest BCUT2D eigenvalue weighted by molar-refractivity contribution is -0.118. The van der Waals surface area contributed by atoms with Crippen LogP contribution < -0.4 is 5.73 Å². The van der Waals surface area contributed by atoms with E-state index in [4.69, 9.17) is 5.73 Å². The maximum atomic E-state index is 11.8. The number of aryl methyl sites for hydroxylation is 1. The molecule has 2 N–H and O–H groups in total. The maximum absolute atomic E-state index is 11.8. The van der Waals surface area contributed by atoms with E-state index in [1.807, 2.05) is 0 Å². The molecule has 2 amide bonds. The van der Waals surface area contributed by atoms with Crippen LogP contribution in [0.1, 0.15) is 10.5 Å². The van der Waals surface area contributed by atoms with Gasteiger partial charge in [-0.2, -0.15) is 0 Å². The Morgan fingerprint density at radius 2 is 2.20 bits per heavy atom. The summed E-state index contributed by atoms with van der Waals surface area (Å²) in [5.74, 6) is -0.763. The number of rotatable bonds is 3. The summed E-state index contributed by atoms with van der Waals surface area (Å²) in [6.45, 7) is -0.0817. The molecule has 6 heteroatoms. The number of aromatic nitrogens is 1.